The van der Waals surface area contributed by atoms with Crippen LogP contribution in [-0.2, 0) is 4.79 Å². The fraction of sp³-hybridized carbons (Fsp3) is 0.160. The first-order chi connectivity index (χ1) is 16.1. The van der Waals surface area contributed by atoms with E-state index in [1.807, 2.05) is 25.1 Å². The van der Waals surface area contributed by atoms with E-state index in [-0.39, 0.29) is 17.2 Å². The van der Waals surface area contributed by atoms with Crippen LogP contribution in [-0.4, -0.2) is 34.9 Å². The van der Waals surface area contributed by atoms with E-state index in [1.165, 1.54) is 16.3 Å². The second-order valence-electron chi connectivity index (χ2n) is 7.02. The van der Waals surface area contributed by atoms with Crippen molar-refractivity contribution >= 4 is 34.3 Å². The van der Waals surface area contributed by atoms with Gasteiger partial charge in [0.05, 0.1) is 41.7 Å². The highest BCUT2D eigenvalue weighted by molar-refractivity contribution is 7.99. The van der Waals surface area contributed by atoms with Crippen molar-refractivity contribution in [2.45, 2.75) is 12.1 Å². The molecule has 0 unspecified atom stereocenters. The fourth-order valence-corrected chi connectivity index (χ4v) is 4.15. The number of benzene rings is 3. The first-order valence-corrected chi connectivity index (χ1v) is 11.4. The normalized spacial score (nSPS) is 10.7. The average molecular weight is 462 g/mol. The zero-order valence-electron chi connectivity index (χ0n) is 18.3. The summed E-state index contributed by atoms with van der Waals surface area (Å²) in [5.41, 5.74) is 1.62. The first kappa shape index (κ1) is 22.4. The maximum absolute atomic E-state index is 13.3. The van der Waals surface area contributed by atoms with Gasteiger partial charge in [0, 0.05) is 0 Å². The average Bonchev–Trinajstić information content (AvgIpc) is 2.84. The number of anilines is 1. The molecule has 1 N–H and O–H groups in total. The largest absolute Gasteiger partial charge is 0.497 e. The number of hydrogen-bond acceptors (Lipinski definition) is 6. The molecule has 8 heteroatoms. The number of nitrogens with one attached hydrogen (secondary N) is 1. The SMILES string of the molecule is CCOc1ccccc1NC(=O)CSc1nc2ccccc2c(=O)n1-c1ccc(OC)cc1. The molecule has 1 amide bonds. The second kappa shape index (κ2) is 10.2. The van der Waals surface area contributed by atoms with Crippen molar-refractivity contribution in [1.29, 1.82) is 0 Å². The number of nitrogens with zero attached hydrogens (tertiary/aromatic N) is 2. The molecule has 3 aromatic carbocycles. The number of carbonyl (C=O) groups excluding carboxylic acids is 1. The van der Waals surface area contributed by atoms with E-state index in [4.69, 9.17) is 9.47 Å². The van der Waals surface area contributed by atoms with Crippen molar-refractivity contribution in [2.75, 3.05) is 24.8 Å². The van der Waals surface area contributed by atoms with Crippen molar-refractivity contribution in [3.8, 4) is 17.2 Å². The Morgan fingerprint density at radius 2 is 1.76 bits per heavy atom. The Morgan fingerprint density at radius 1 is 1.03 bits per heavy atom. The summed E-state index contributed by atoms with van der Waals surface area (Å²) in [5.74, 6) is 1.14. The molecular weight excluding hydrogens is 438 g/mol. The van der Waals surface area contributed by atoms with E-state index in [0.717, 1.165) is 0 Å². The number of methoxy groups -OCH3 is 1. The van der Waals surface area contributed by atoms with Gasteiger partial charge >= 0.3 is 0 Å². The summed E-state index contributed by atoms with van der Waals surface area (Å²) >= 11 is 1.20. The lowest BCUT2D eigenvalue weighted by Gasteiger charge is -2.14. The summed E-state index contributed by atoms with van der Waals surface area (Å²) in [6.07, 6.45) is 0. The molecule has 0 fully saturated rings. The molecule has 0 atom stereocenters. The monoisotopic (exact) mass is 461 g/mol. The summed E-state index contributed by atoms with van der Waals surface area (Å²) in [6.45, 7) is 2.38. The van der Waals surface area contributed by atoms with Gasteiger partial charge in [-0.05, 0) is 55.5 Å². The van der Waals surface area contributed by atoms with E-state index in [2.05, 4.69) is 10.3 Å². The third-order valence-corrected chi connectivity index (χ3v) is 5.81. The molecule has 0 aliphatic carbocycles. The lowest BCUT2D eigenvalue weighted by Crippen LogP contribution is -2.23. The standard InChI is InChI=1S/C25H23N3O4S/c1-3-32-22-11-7-6-10-21(22)26-23(29)16-33-25-27-20-9-5-4-8-19(20)24(30)28(25)17-12-14-18(31-2)15-13-17/h4-15H,3,16H2,1-2H3,(H,26,29). The van der Waals surface area contributed by atoms with Crippen LogP contribution < -0.4 is 20.3 Å². The maximum atomic E-state index is 13.3. The molecule has 0 saturated heterocycles. The van der Waals surface area contributed by atoms with Gasteiger partial charge in [-0.2, -0.15) is 0 Å². The minimum absolute atomic E-state index is 0.0708. The minimum atomic E-state index is -0.226. The van der Waals surface area contributed by atoms with Crippen molar-refractivity contribution in [2.24, 2.45) is 0 Å². The minimum Gasteiger partial charge on any atom is -0.497 e. The van der Waals surface area contributed by atoms with Gasteiger partial charge in [-0.15, -0.1) is 0 Å². The number of thioether (sulfide) groups is 1. The number of fused-ring (bicyclic) bond motifs is 1. The van der Waals surface area contributed by atoms with Crippen LogP contribution in [0.15, 0.2) is 82.7 Å². The molecule has 4 rings (SSSR count). The van der Waals surface area contributed by atoms with Crippen LogP contribution in [0.3, 0.4) is 0 Å². The van der Waals surface area contributed by atoms with Crippen LogP contribution in [0.1, 0.15) is 6.92 Å². The van der Waals surface area contributed by atoms with E-state index >= 15 is 0 Å². The fourth-order valence-electron chi connectivity index (χ4n) is 3.34. The Balaban J connectivity index is 1.64. The molecule has 0 bridgehead atoms. The summed E-state index contributed by atoms with van der Waals surface area (Å²) < 4.78 is 12.3. The first-order valence-electron chi connectivity index (χ1n) is 10.4. The lowest BCUT2D eigenvalue weighted by atomic mass is 10.2. The van der Waals surface area contributed by atoms with Gasteiger partial charge in [0.2, 0.25) is 5.91 Å². The molecule has 0 aliphatic heterocycles. The highest BCUT2D eigenvalue weighted by Gasteiger charge is 2.15. The molecule has 7 nitrogen and oxygen atoms in total. The number of rotatable bonds is 8. The van der Waals surface area contributed by atoms with Gasteiger partial charge < -0.3 is 14.8 Å². The number of aromatic nitrogens is 2. The Morgan fingerprint density at radius 3 is 2.52 bits per heavy atom. The van der Waals surface area contributed by atoms with Crippen molar-refractivity contribution in [1.82, 2.24) is 9.55 Å². The topological polar surface area (TPSA) is 82.5 Å². The van der Waals surface area contributed by atoms with Crippen LogP contribution in [0.2, 0.25) is 0 Å². The Hall–Kier alpha value is -3.78. The maximum Gasteiger partial charge on any atom is 0.266 e. The zero-order valence-corrected chi connectivity index (χ0v) is 19.1. The van der Waals surface area contributed by atoms with Gasteiger partial charge in [-0.25, -0.2) is 4.98 Å². The van der Waals surface area contributed by atoms with E-state index < -0.39 is 0 Å². The molecule has 0 spiro atoms. The molecule has 4 aromatic rings. The molecule has 0 aliphatic rings. The highest BCUT2D eigenvalue weighted by atomic mass is 32.2. The summed E-state index contributed by atoms with van der Waals surface area (Å²) in [7, 11) is 1.59. The van der Waals surface area contributed by atoms with Gasteiger partial charge in [0.25, 0.3) is 5.56 Å². The third-order valence-electron chi connectivity index (χ3n) is 4.87. The predicted octanol–water partition coefficient (Wildman–Crippen LogP) is 4.52. The Kier molecular flexibility index (Phi) is 6.95. The Bertz CT molecular complexity index is 1340. The van der Waals surface area contributed by atoms with Crippen molar-refractivity contribution < 1.29 is 14.3 Å². The van der Waals surface area contributed by atoms with Crippen LogP contribution in [0, 0.1) is 0 Å². The number of amides is 1. The third kappa shape index (κ3) is 5.01. The Labute approximate surface area is 195 Å². The lowest BCUT2D eigenvalue weighted by molar-refractivity contribution is -0.113. The number of carbonyl (C=O) groups is 1. The van der Waals surface area contributed by atoms with E-state index in [0.29, 0.717) is 45.5 Å². The van der Waals surface area contributed by atoms with Crippen LogP contribution >= 0.6 is 11.8 Å². The highest BCUT2D eigenvalue weighted by Crippen LogP contribution is 2.26. The summed E-state index contributed by atoms with van der Waals surface area (Å²) in [4.78, 5) is 30.7. The van der Waals surface area contributed by atoms with E-state index in [1.54, 1.807) is 61.7 Å². The van der Waals surface area contributed by atoms with Crippen LogP contribution in [0.25, 0.3) is 16.6 Å². The molecule has 0 saturated carbocycles. The van der Waals surface area contributed by atoms with E-state index in [9.17, 15) is 9.59 Å². The van der Waals surface area contributed by atoms with Gasteiger partial charge in [-0.1, -0.05) is 36.0 Å². The summed E-state index contributed by atoms with van der Waals surface area (Å²) in [5, 5.41) is 3.81. The van der Waals surface area contributed by atoms with Gasteiger partial charge in [-0.3, -0.25) is 14.2 Å². The van der Waals surface area contributed by atoms with Crippen LogP contribution in [0.4, 0.5) is 5.69 Å². The number of ether oxygens (including phenoxy) is 2. The van der Waals surface area contributed by atoms with Crippen molar-refractivity contribution in [3.05, 3.63) is 83.2 Å². The zero-order chi connectivity index (χ0) is 23.2. The quantitative estimate of drug-likeness (QED) is 0.307. The van der Waals surface area contributed by atoms with Crippen molar-refractivity contribution in [3.63, 3.8) is 0 Å². The molecule has 1 heterocycles. The van der Waals surface area contributed by atoms with Crippen LogP contribution in [0.5, 0.6) is 11.5 Å². The van der Waals surface area contributed by atoms with Gasteiger partial charge in [0.1, 0.15) is 11.5 Å². The second-order valence-corrected chi connectivity index (χ2v) is 7.96. The molecule has 1 aromatic heterocycles. The predicted molar refractivity (Wildman–Crippen MR) is 131 cm³/mol. The molecular formula is C25H23N3O4S. The summed E-state index contributed by atoms with van der Waals surface area (Å²) in [6, 6.07) is 21.6. The molecule has 33 heavy (non-hydrogen) atoms. The molecule has 168 valence electrons. The number of para-hydroxylation sites is 3. The molecule has 0 radical (unpaired) electrons. The smallest absolute Gasteiger partial charge is 0.266 e. The number of hydrogen-bond donors (Lipinski definition) is 1. The van der Waals surface area contributed by atoms with Gasteiger partial charge in [0.15, 0.2) is 5.16 Å².